The molecule has 0 saturated carbocycles. The third-order valence-corrected chi connectivity index (χ3v) is 5.95. The van der Waals surface area contributed by atoms with Crippen LogP contribution in [0.1, 0.15) is 30.6 Å². The molecular formula is C20H27ClN4O4. The minimum atomic E-state index is -0.592. The number of nitro benzene ring substituents is 1. The van der Waals surface area contributed by atoms with E-state index in [0.717, 1.165) is 19.5 Å². The van der Waals surface area contributed by atoms with Gasteiger partial charge in [0.2, 0.25) is 5.91 Å². The Morgan fingerprint density at radius 1 is 1.10 bits per heavy atom. The average molecular weight is 423 g/mol. The highest BCUT2D eigenvalue weighted by molar-refractivity contribution is 6.32. The molecular weight excluding hydrogens is 396 g/mol. The molecule has 29 heavy (non-hydrogen) atoms. The van der Waals surface area contributed by atoms with E-state index < -0.39 is 4.92 Å². The molecule has 2 amide bonds. The van der Waals surface area contributed by atoms with Crippen molar-refractivity contribution >= 4 is 29.1 Å². The number of nitro groups is 1. The number of rotatable bonds is 4. The summed E-state index contributed by atoms with van der Waals surface area (Å²) in [6.07, 6.45) is 1.16. The molecule has 1 aromatic rings. The Kier molecular flexibility index (Phi) is 6.74. The molecule has 8 nitrogen and oxygen atoms in total. The molecule has 9 heteroatoms. The molecule has 1 aromatic carbocycles. The van der Waals surface area contributed by atoms with Crippen molar-refractivity contribution in [3.63, 3.8) is 0 Å². The maximum absolute atomic E-state index is 12.7. The van der Waals surface area contributed by atoms with Gasteiger partial charge in [0.25, 0.3) is 11.6 Å². The lowest BCUT2D eigenvalue weighted by molar-refractivity contribution is -0.384. The van der Waals surface area contributed by atoms with Gasteiger partial charge < -0.3 is 9.80 Å². The maximum atomic E-state index is 12.7. The summed E-state index contributed by atoms with van der Waals surface area (Å²) in [6.45, 7) is 8.54. The van der Waals surface area contributed by atoms with Crippen LogP contribution in [-0.2, 0) is 4.79 Å². The number of carbonyl (C=O) groups excluding carboxylic acids is 2. The van der Waals surface area contributed by atoms with Gasteiger partial charge >= 0.3 is 0 Å². The Morgan fingerprint density at radius 3 is 2.31 bits per heavy atom. The largest absolute Gasteiger partial charge is 0.341 e. The van der Waals surface area contributed by atoms with Crippen LogP contribution in [0.3, 0.4) is 0 Å². The standard InChI is InChI=1S/C20H27ClN4O4/c1-14-9-15(2)12-24(11-14)19(26)13-22-5-7-23(8-6-22)20(27)16-3-4-17(21)18(10-16)25(28)29/h3-4,10,14-15H,5-9,11-13H2,1-2H3/t14-,15-/m0/s1. The predicted octanol–water partition coefficient (Wildman–Crippen LogP) is 2.51. The molecule has 2 atom stereocenters. The minimum absolute atomic E-state index is 0.0104. The van der Waals surface area contributed by atoms with E-state index in [1.54, 1.807) is 4.90 Å². The Labute approximate surface area is 175 Å². The smallest absolute Gasteiger partial charge is 0.288 e. The van der Waals surface area contributed by atoms with Crippen LogP contribution >= 0.6 is 11.6 Å². The number of hydrogen-bond acceptors (Lipinski definition) is 5. The number of piperidine rings is 1. The molecule has 158 valence electrons. The van der Waals surface area contributed by atoms with Gasteiger partial charge in [0.1, 0.15) is 5.02 Å². The molecule has 0 unspecified atom stereocenters. The second-order valence-corrected chi connectivity index (χ2v) is 8.64. The van der Waals surface area contributed by atoms with E-state index in [9.17, 15) is 19.7 Å². The second-order valence-electron chi connectivity index (χ2n) is 8.24. The summed E-state index contributed by atoms with van der Waals surface area (Å²) in [7, 11) is 0. The van der Waals surface area contributed by atoms with Crippen molar-refractivity contribution in [2.45, 2.75) is 20.3 Å². The summed E-state index contributed by atoms with van der Waals surface area (Å²) < 4.78 is 0. The Hall–Kier alpha value is -2.19. The van der Waals surface area contributed by atoms with Crippen LogP contribution < -0.4 is 0 Å². The number of piperazine rings is 1. The van der Waals surface area contributed by atoms with E-state index in [-0.39, 0.29) is 28.1 Å². The molecule has 0 N–H and O–H groups in total. The summed E-state index contributed by atoms with van der Waals surface area (Å²) in [6, 6.07) is 4.11. The van der Waals surface area contributed by atoms with Crippen LogP contribution in [-0.4, -0.2) is 77.3 Å². The Bertz CT molecular complexity index is 785. The zero-order valence-electron chi connectivity index (χ0n) is 16.8. The van der Waals surface area contributed by atoms with Gasteiger partial charge in [-0.3, -0.25) is 24.6 Å². The maximum Gasteiger partial charge on any atom is 0.288 e. The summed E-state index contributed by atoms with van der Waals surface area (Å²) in [4.78, 5) is 41.5. The first-order chi connectivity index (χ1) is 13.7. The van der Waals surface area contributed by atoms with Gasteiger partial charge in [0, 0.05) is 50.9 Å². The normalized spacial score (nSPS) is 23.1. The second kappa shape index (κ2) is 9.09. The molecule has 3 rings (SSSR count). The van der Waals surface area contributed by atoms with Gasteiger partial charge in [0.05, 0.1) is 11.5 Å². The highest BCUT2D eigenvalue weighted by Gasteiger charge is 2.29. The van der Waals surface area contributed by atoms with E-state index in [1.165, 1.54) is 18.2 Å². The van der Waals surface area contributed by atoms with E-state index in [2.05, 4.69) is 18.7 Å². The van der Waals surface area contributed by atoms with Crippen molar-refractivity contribution in [3.8, 4) is 0 Å². The number of carbonyl (C=O) groups is 2. The lowest BCUT2D eigenvalue weighted by Crippen LogP contribution is -2.53. The summed E-state index contributed by atoms with van der Waals surface area (Å²) in [5, 5.41) is 11.1. The number of likely N-dealkylation sites (tertiary alicyclic amines) is 1. The van der Waals surface area contributed by atoms with Crippen molar-refractivity contribution < 1.29 is 14.5 Å². The molecule has 0 bridgehead atoms. The van der Waals surface area contributed by atoms with Crippen molar-refractivity contribution in [1.82, 2.24) is 14.7 Å². The number of hydrogen-bond donors (Lipinski definition) is 0. The van der Waals surface area contributed by atoms with Crippen LogP contribution in [0.25, 0.3) is 0 Å². The van der Waals surface area contributed by atoms with Gasteiger partial charge in [-0.05, 0) is 30.4 Å². The molecule has 2 saturated heterocycles. The van der Waals surface area contributed by atoms with Gasteiger partial charge in [0.15, 0.2) is 0 Å². The minimum Gasteiger partial charge on any atom is -0.341 e. The van der Waals surface area contributed by atoms with Crippen LogP contribution in [0.4, 0.5) is 5.69 Å². The lowest BCUT2D eigenvalue weighted by atomic mass is 9.92. The fourth-order valence-corrected chi connectivity index (χ4v) is 4.42. The molecule has 0 aliphatic carbocycles. The first-order valence-corrected chi connectivity index (χ1v) is 10.4. The molecule has 2 heterocycles. The number of benzene rings is 1. The zero-order valence-corrected chi connectivity index (χ0v) is 17.6. The van der Waals surface area contributed by atoms with Crippen molar-refractivity contribution in [2.24, 2.45) is 11.8 Å². The van der Waals surface area contributed by atoms with Crippen molar-refractivity contribution in [2.75, 3.05) is 45.8 Å². The van der Waals surface area contributed by atoms with E-state index in [4.69, 9.17) is 11.6 Å². The topological polar surface area (TPSA) is 87.0 Å². The van der Waals surface area contributed by atoms with Gasteiger partial charge in [-0.15, -0.1) is 0 Å². The van der Waals surface area contributed by atoms with Crippen LogP contribution in [0.2, 0.25) is 5.02 Å². The number of amides is 2. The first-order valence-electron chi connectivity index (χ1n) is 9.98. The van der Waals surface area contributed by atoms with Crippen LogP contribution in [0, 0.1) is 22.0 Å². The number of nitrogens with zero attached hydrogens (tertiary/aromatic N) is 4. The molecule has 2 fully saturated rings. The van der Waals surface area contributed by atoms with Gasteiger partial charge in [-0.1, -0.05) is 25.4 Å². The van der Waals surface area contributed by atoms with E-state index in [1.807, 2.05) is 4.90 Å². The van der Waals surface area contributed by atoms with Crippen LogP contribution in [0.15, 0.2) is 18.2 Å². The zero-order chi connectivity index (χ0) is 21.1. The summed E-state index contributed by atoms with van der Waals surface area (Å²) >= 11 is 5.82. The van der Waals surface area contributed by atoms with Gasteiger partial charge in [-0.25, -0.2) is 0 Å². The third-order valence-electron chi connectivity index (χ3n) is 5.63. The van der Waals surface area contributed by atoms with E-state index in [0.29, 0.717) is 44.6 Å². The molecule has 2 aliphatic heterocycles. The molecule has 0 radical (unpaired) electrons. The molecule has 0 spiro atoms. The predicted molar refractivity (Wildman–Crippen MR) is 110 cm³/mol. The highest BCUT2D eigenvalue weighted by Crippen LogP contribution is 2.26. The average Bonchev–Trinajstić information content (AvgIpc) is 2.67. The fourth-order valence-electron chi connectivity index (χ4n) is 4.24. The van der Waals surface area contributed by atoms with Crippen molar-refractivity contribution in [3.05, 3.63) is 38.9 Å². The monoisotopic (exact) mass is 422 g/mol. The third kappa shape index (κ3) is 5.25. The molecule has 0 aromatic heterocycles. The van der Waals surface area contributed by atoms with E-state index >= 15 is 0 Å². The summed E-state index contributed by atoms with van der Waals surface area (Å²) in [5.74, 6) is 0.951. The quantitative estimate of drug-likeness (QED) is 0.549. The highest BCUT2D eigenvalue weighted by atomic mass is 35.5. The summed E-state index contributed by atoms with van der Waals surface area (Å²) in [5.41, 5.74) is -0.0198. The first kappa shape index (κ1) is 21.5. The fraction of sp³-hybridized carbons (Fsp3) is 0.600. The Morgan fingerprint density at radius 2 is 1.72 bits per heavy atom. The van der Waals surface area contributed by atoms with Crippen molar-refractivity contribution in [1.29, 1.82) is 0 Å². The lowest BCUT2D eigenvalue weighted by Gasteiger charge is -2.38. The molecule has 2 aliphatic rings. The van der Waals surface area contributed by atoms with Crippen LogP contribution in [0.5, 0.6) is 0 Å². The van der Waals surface area contributed by atoms with Gasteiger partial charge in [-0.2, -0.15) is 0 Å². The number of halogens is 1. The Balaban J connectivity index is 1.54. The SMILES string of the molecule is C[C@H]1C[C@H](C)CN(C(=O)CN2CCN(C(=O)c3ccc(Cl)c([N+](=O)[O-])c3)CC2)C1.